The van der Waals surface area contributed by atoms with E-state index in [9.17, 15) is 0 Å². The third-order valence-electron chi connectivity index (χ3n) is 10.7. The second kappa shape index (κ2) is 12.8. The van der Waals surface area contributed by atoms with E-state index in [2.05, 4.69) is 182 Å². The monoisotopic (exact) mass is 717 g/mol. The van der Waals surface area contributed by atoms with E-state index in [1.54, 1.807) is 0 Å². The smallest absolute Gasteiger partial charge is 0.165 e. The first kappa shape index (κ1) is 31.5. The van der Waals surface area contributed by atoms with Gasteiger partial charge in [0.15, 0.2) is 17.5 Å². The number of hydrogen-bond acceptors (Lipinski definition) is 4. The highest BCUT2D eigenvalue weighted by atomic mass is 32.1. The van der Waals surface area contributed by atoms with Crippen LogP contribution in [0.25, 0.3) is 109 Å². The molecule has 0 spiro atoms. The van der Waals surface area contributed by atoms with E-state index in [0.717, 1.165) is 49.5 Å². The predicted octanol–water partition coefficient (Wildman–Crippen LogP) is 14.0. The molecule has 0 unspecified atom stereocenters. The molecule has 11 aromatic rings. The van der Waals surface area contributed by atoms with Crippen molar-refractivity contribution in [2.24, 2.45) is 0 Å². The van der Waals surface area contributed by atoms with E-state index >= 15 is 0 Å². The summed E-state index contributed by atoms with van der Waals surface area (Å²) in [4.78, 5) is 15.9. The largest absolute Gasteiger partial charge is 0.208 e. The molecule has 0 bridgehead atoms. The Morgan fingerprint density at radius 3 is 1.76 bits per heavy atom. The Labute approximate surface area is 321 Å². The highest BCUT2D eigenvalue weighted by Gasteiger charge is 2.20. The van der Waals surface area contributed by atoms with Crippen LogP contribution in [0.4, 0.5) is 0 Å². The maximum absolute atomic E-state index is 5.36. The quantitative estimate of drug-likeness (QED) is 0.131. The molecule has 9 aromatic carbocycles. The molecule has 0 radical (unpaired) electrons. The van der Waals surface area contributed by atoms with Crippen LogP contribution in [0.15, 0.2) is 188 Å². The van der Waals surface area contributed by atoms with Gasteiger partial charge < -0.3 is 0 Å². The molecule has 4 heteroatoms. The van der Waals surface area contributed by atoms with Crippen molar-refractivity contribution < 1.29 is 0 Å². The third-order valence-corrected chi connectivity index (χ3v) is 11.9. The van der Waals surface area contributed by atoms with Crippen molar-refractivity contribution in [2.45, 2.75) is 0 Å². The number of rotatable bonds is 5. The Morgan fingerprint density at radius 2 is 0.909 bits per heavy atom. The standard InChI is InChI=1S/C51H31N3S/c1-2-12-33(13-3-1)38-16-8-9-20-43(38)50-52-49(35-24-22-32(23-25-35)36-27-29-47-45(30-36)41-19-10-11-21-46(41)55-47)53-51(54-50)48-40-18-7-5-15-37(40)31-44-39-17-6-4-14-34(39)26-28-42(44)48/h1-31H. The lowest BCUT2D eigenvalue weighted by atomic mass is 9.93. The fourth-order valence-corrected chi connectivity index (χ4v) is 9.15. The molecule has 0 aliphatic heterocycles. The molecular formula is C51H31N3S. The second-order valence-corrected chi connectivity index (χ2v) is 15.0. The van der Waals surface area contributed by atoms with Crippen molar-refractivity contribution in [1.82, 2.24) is 15.0 Å². The van der Waals surface area contributed by atoms with Gasteiger partial charge in [-0.15, -0.1) is 11.3 Å². The summed E-state index contributed by atoms with van der Waals surface area (Å²) in [6.45, 7) is 0. The molecule has 11 rings (SSSR count). The van der Waals surface area contributed by atoms with Crippen molar-refractivity contribution >= 4 is 63.8 Å². The minimum absolute atomic E-state index is 0.635. The van der Waals surface area contributed by atoms with Gasteiger partial charge in [-0.2, -0.15) is 0 Å². The van der Waals surface area contributed by atoms with Gasteiger partial charge in [-0.1, -0.05) is 164 Å². The van der Waals surface area contributed by atoms with Gasteiger partial charge in [0.05, 0.1) is 0 Å². The average molecular weight is 718 g/mol. The van der Waals surface area contributed by atoms with E-state index in [0.29, 0.717) is 17.5 Å². The molecule has 0 amide bonds. The van der Waals surface area contributed by atoms with Gasteiger partial charge in [0.1, 0.15) is 0 Å². The number of hydrogen-bond donors (Lipinski definition) is 0. The number of fused-ring (bicyclic) bond motifs is 7. The summed E-state index contributed by atoms with van der Waals surface area (Å²) in [5.41, 5.74) is 7.43. The number of benzene rings is 9. The Hall–Kier alpha value is -7.01. The Morgan fingerprint density at radius 1 is 0.291 bits per heavy atom. The zero-order valence-electron chi connectivity index (χ0n) is 29.6. The van der Waals surface area contributed by atoms with Gasteiger partial charge in [0.25, 0.3) is 0 Å². The summed E-state index contributed by atoms with van der Waals surface area (Å²) >= 11 is 1.84. The first-order valence-electron chi connectivity index (χ1n) is 18.5. The lowest BCUT2D eigenvalue weighted by Gasteiger charge is -2.15. The summed E-state index contributed by atoms with van der Waals surface area (Å²) in [7, 11) is 0. The number of aromatic nitrogens is 3. The molecule has 0 fully saturated rings. The fourth-order valence-electron chi connectivity index (χ4n) is 8.06. The second-order valence-electron chi connectivity index (χ2n) is 14.0. The zero-order valence-corrected chi connectivity index (χ0v) is 30.5. The van der Waals surface area contributed by atoms with Gasteiger partial charge in [0.2, 0.25) is 0 Å². The van der Waals surface area contributed by atoms with Gasteiger partial charge in [-0.3, -0.25) is 0 Å². The van der Waals surface area contributed by atoms with Gasteiger partial charge in [-0.25, -0.2) is 15.0 Å². The fraction of sp³-hybridized carbons (Fsp3) is 0. The SMILES string of the molecule is c1ccc(-c2ccccc2-c2nc(-c3ccc(-c4ccc5sc6ccccc6c5c4)cc3)nc(-c3c4ccccc4cc4c3ccc3ccccc34)n2)cc1. The lowest BCUT2D eigenvalue weighted by molar-refractivity contribution is 1.08. The van der Waals surface area contributed by atoms with Crippen LogP contribution in [0.3, 0.4) is 0 Å². The van der Waals surface area contributed by atoms with Crippen LogP contribution in [0.5, 0.6) is 0 Å². The Kier molecular flexibility index (Phi) is 7.35. The first-order valence-corrected chi connectivity index (χ1v) is 19.3. The summed E-state index contributed by atoms with van der Waals surface area (Å²) in [5.74, 6) is 1.93. The number of thiophene rings is 1. The van der Waals surface area contributed by atoms with Gasteiger partial charge in [0, 0.05) is 36.9 Å². The van der Waals surface area contributed by atoms with Crippen molar-refractivity contribution in [3.63, 3.8) is 0 Å². The normalized spacial score (nSPS) is 11.6. The predicted molar refractivity (Wildman–Crippen MR) is 232 cm³/mol. The first-order chi connectivity index (χ1) is 27.2. The zero-order chi connectivity index (χ0) is 36.3. The highest BCUT2D eigenvalue weighted by molar-refractivity contribution is 7.25. The molecular weight excluding hydrogens is 687 g/mol. The van der Waals surface area contributed by atoms with Crippen molar-refractivity contribution in [1.29, 1.82) is 0 Å². The van der Waals surface area contributed by atoms with Crippen molar-refractivity contribution in [2.75, 3.05) is 0 Å². The molecule has 0 saturated heterocycles. The van der Waals surface area contributed by atoms with E-state index in [1.165, 1.54) is 41.9 Å². The molecule has 0 saturated carbocycles. The van der Waals surface area contributed by atoms with Crippen molar-refractivity contribution in [3.8, 4) is 56.4 Å². The van der Waals surface area contributed by atoms with E-state index < -0.39 is 0 Å². The number of nitrogens with zero attached hydrogens (tertiary/aromatic N) is 3. The summed E-state index contributed by atoms with van der Waals surface area (Å²) in [6, 6.07) is 66.9. The summed E-state index contributed by atoms with van der Waals surface area (Å²) in [6.07, 6.45) is 0. The molecule has 0 aliphatic rings. The van der Waals surface area contributed by atoms with Crippen molar-refractivity contribution in [3.05, 3.63) is 188 Å². The topological polar surface area (TPSA) is 38.7 Å². The minimum atomic E-state index is 0.635. The molecule has 2 aromatic heterocycles. The maximum atomic E-state index is 5.36. The molecule has 0 N–H and O–H groups in total. The average Bonchev–Trinajstić information content (AvgIpc) is 3.64. The molecule has 0 aliphatic carbocycles. The van der Waals surface area contributed by atoms with Crippen LogP contribution in [0, 0.1) is 0 Å². The minimum Gasteiger partial charge on any atom is -0.208 e. The van der Waals surface area contributed by atoms with E-state index in [4.69, 9.17) is 15.0 Å². The Bertz CT molecular complexity index is 3260. The summed E-state index contributed by atoms with van der Waals surface area (Å²) < 4.78 is 2.61. The molecule has 55 heavy (non-hydrogen) atoms. The van der Waals surface area contributed by atoms with Crippen LogP contribution in [-0.2, 0) is 0 Å². The van der Waals surface area contributed by atoms with Crippen LogP contribution >= 0.6 is 11.3 Å². The van der Waals surface area contributed by atoms with Crippen LogP contribution in [-0.4, -0.2) is 15.0 Å². The van der Waals surface area contributed by atoms with Crippen LogP contribution in [0.2, 0.25) is 0 Å². The third kappa shape index (κ3) is 5.38. The summed E-state index contributed by atoms with van der Waals surface area (Å²) in [5, 5.41) is 9.56. The van der Waals surface area contributed by atoms with Gasteiger partial charge >= 0.3 is 0 Å². The maximum Gasteiger partial charge on any atom is 0.165 e. The van der Waals surface area contributed by atoms with Crippen LogP contribution in [0.1, 0.15) is 0 Å². The van der Waals surface area contributed by atoms with E-state index in [1.807, 2.05) is 17.4 Å². The molecule has 256 valence electrons. The van der Waals surface area contributed by atoms with Gasteiger partial charge in [-0.05, 0) is 78.8 Å². The lowest BCUT2D eigenvalue weighted by Crippen LogP contribution is -2.02. The molecule has 2 heterocycles. The Balaban J connectivity index is 1.13. The van der Waals surface area contributed by atoms with E-state index in [-0.39, 0.29) is 0 Å². The van der Waals surface area contributed by atoms with Crippen LogP contribution < -0.4 is 0 Å². The highest BCUT2D eigenvalue weighted by Crippen LogP contribution is 2.41. The molecule has 3 nitrogen and oxygen atoms in total. The molecule has 0 atom stereocenters.